The molecule has 3 nitrogen and oxygen atoms in total. The van der Waals surface area contributed by atoms with E-state index in [1.807, 2.05) is 4.90 Å². The lowest BCUT2D eigenvalue weighted by Crippen LogP contribution is -2.53. The average Bonchev–Trinajstić information content (AvgIpc) is 2.84. The van der Waals surface area contributed by atoms with E-state index in [9.17, 15) is 13.6 Å². The van der Waals surface area contributed by atoms with Crippen molar-refractivity contribution in [3.63, 3.8) is 0 Å². The van der Waals surface area contributed by atoms with E-state index in [4.69, 9.17) is 0 Å². The topological polar surface area (TPSA) is 33.2 Å². The minimum absolute atomic E-state index is 0.0286. The number of nitrogens with zero attached hydrogens (tertiary/aromatic N) is 2. The third-order valence-corrected chi connectivity index (χ3v) is 7.26. The van der Waals surface area contributed by atoms with Crippen LogP contribution in [0.5, 0.6) is 0 Å². The molecule has 0 radical (unpaired) electrons. The van der Waals surface area contributed by atoms with Gasteiger partial charge in [-0.3, -0.25) is 9.78 Å². The van der Waals surface area contributed by atoms with Gasteiger partial charge in [-0.2, -0.15) is 0 Å². The van der Waals surface area contributed by atoms with Crippen molar-refractivity contribution in [2.24, 2.45) is 11.3 Å². The summed E-state index contributed by atoms with van der Waals surface area (Å²) in [5.74, 6) is 0.284. The number of pyridine rings is 1. The van der Waals surface area contributed by atoms with E-state index < -0.39 is 5.67 Å². The number of carbonyl (C=O) groups excluding carboxylic acids is 1. The lowest BCUT2D eigenvalue weighted by molar-refractivity contribution is -0.154. The predicted octanol–water partition coefficient (Wildman–Crippen LogP) is 3.90. The molecule has 1 aromatic rings. The maximum atomic E-state index is 14.4. The second-order valence-electron chi connectivity index (χ2n) is 8.46. The van der Waals surface area contributed by atoms with Gasteiger partial charge in [0.25, 0.3) is 0 Å². The van der Waals surface area contributed by atoms with E-state index in [2.05, 4.69) is 11.9 Å². The summed E-state index contributed by atoms with van der Waals surface area (Å²) in [7, 11) is 0. The Bertz CT molecular complexity index is 710. The minimum Gasteiger partial charge on any atom is -0.334 e. The van der Waals surface area contributed by atoms with E-state index >= 15 is 0 Å². The molecule has 0 N–H and O–H groups in total. The van der Waals surface area contributed by atoms with Gasteiger partial charge >= 0.3 is 0 Å². The van der Waals surface area contributed by atoms with Crippen molar-refractivity contribution >= 4 is 5.91 Å². The van der Waals surface area contributed by atoms with Crippen LogP contribution in [0, 0.1) is 17.2 Å². The second kappa shape index (κ2) is 4.55. The fourth-order valence-electron chi connectivity index (χ4n) is 5.77. The van der Waals surface area contributed by atoms with Gasteiger partial charge in [-0.15, -0.1) is 0 Å². The van der Waals surface area contributed by atoms with Gasteiger partial charge in [0.15, 0.2) is 0 Å². The maximum absolute atomic E-state index is 14.4. The molecule has 3 atom stereocenters. The van der Waals surface area contributed by atoms with Crippen molar-refractivity contribution in [2.45, 2.75) is 63.1 Å². The summed E-state index contributed by atoms with van der Waals surface area (Å²) in [4.78, 5) is 19.3. The number of likely N-dealkylation sites (tertiary alicyclic amines) is 1. The Hall–Kier alpha value is -1.52. The van der Waals surface area contributed by atoms with Crippen LogP contribution in [0.25, 0.3) is 0 Å². The van der Waals surface area contributed by atoms with Gasteiger partial charge in [0.05, 0.1) is 12.2 Å². The van der Waals surface area contributed by atoms with Crippen LogP contribution in [-0.2, 0) is 4.79 Å². The van der Waals surface area contributed by atoms with Gasteiger partial charge in [0.2, 0.25) is 5.91 Å². The molecule has 0 spiro atoms. The number of amides is 1. The normalized spacial score (nSPS) is 42.5. The molecule has 5 aliphatic rings. The molecule has 4 fully saturated rings. The first-order chi connectivity index (χ1) is 11.4. The summed E-state index contributed by atoms with van der Waals surface area (Å²) >= 11 is 0. The molecule has 128 valence electrons. The molecule has 1 aliphatic heterocycles. The molecule has 5 heteroatoms. The summed E-state index contributed by atoms with van der Waals surface area (Å²) in [6.45, 7) is 2.77. The summed E-state index contributed by atoms with van der Waals surface area (Å²) < 4.78 is 28.5. The molecule has 2 bridgehead atoms. The fraction of sp³-hybridized carbons (Fsp3) is 0.684. The zero-order chi connectivity index (χ0) is 16.7. The van der Waals surface area contributed by atoms with Crippen molar-refractivity contribution in [2.75, 3.05) is 6.54 Å². The van der Waals surface area contributed by atoms with Crippen LogP contribution in [0.15, 0.2) is 12.4 Å². The van der Waals surface area contributed by atoms with Crippen LogP contribution in [0.1, 0.15) is 68.5 Å². The van der Waals surface area contributed by atoms with Crippen LogP contribution in [0.2, 0.25) is 0 Å². The monoisotopic (exact) mass is 332 g/mol. The Kier molecular flexibility index (Phi) is 2.81. The first-order valence-electron chi connectivity index (χ1n) is 9.07. The zero-order valence-corrected chi connectivity index (χ0v) is 13.9. The van der Waals surface area contributed by atoms with Crippen molar-refractivity contribution in [1.82, 2.24) is 9.88 Å². The van der Waals surface area contributed by atoms with Crippen LogP contribution in [-0.4, -0.2) is 28.0 Å². The SMILES string of the molecule is C[C@H]1CN(C(=O)C23CCC(F)(CC2)CC3)[C@@H]2c3cncc(F)c3C21. The first kappa shape index (κ1) is 14.8. The van der Waals surface area contributed by atoms with E-state index in [1.165, 1.54) is 6.20 Å². The standard InChI is InChI=1S/C19H22F2N2O/c1-11-10-23(16-12-8-22-9-13(20)15(12)14(11)16)17(24)18-2-5-19(21,6-3-18)7-4-18/h8-9,11,14,16H,2-7,10H2,1H3/t11-,14?,16+,18?,19?/m0/s1. The molecule has 1 unspecified atom stereocenters. The Morgan fingerprint density at radius 2 is 1.88 bits per heavy atom. The van der Waals surface area contributed by atoms with Gasteiger partial charge < -0.3 is 4.90 Å². The van der Waals surface area contributed by atoms with Crippen LogP contribution < -0.4 is 0 Å². The Balaban J connectivity index is 1.47. The summed E-state index contributed by atoms with van der Waals surface area (Å²) in [6.07, 6.45) is 6.53. The lowest BCUT2D eigenvalue weighted by Gasteiger charge is -2.51. The van der Waals surface area contributed by atoms with Gasteiger partial charge in [0.1, 0.15) is 11.5 Å². The summed E-state index contributed by atoms with van der Waals surface area (Å²) in [5, 5.41) is 0. The van der Waals surface area contributed by atoms with Crippen LogP contribution >= 0.6 is 0 Å². The largest absolute Gasteiger partial charge is 0.334 e. The second-order valence-corrected chi connectivity index (χ2v) is 8.46. The summed E-state index contributed by atoms with van der Waals surface area (Å²) in [5.41, 5.74) is 0.226. The molecule has 1 saturated heterocycles. The number of alkyl halides is 1. The molecule has 6 rings (SSSR count). The van der Waals surface area contributed by atoms with E-state index in [-0.39, 0.29) is 35.0 Å². The van der Waals surface area contributed by atoms with Crippen molar-refractivity contribution < 1.29 is 13.6 Å². The molecule has 4 aliphatic carbocycles. The predicted molar refractivity (Wildman–Crippen MR) is 84.5 cm³/mol. The Labute approximate surface area is 140 Å². The van der Waals surface area contributed by atoms with Gasteiger partial charge in [-0.1, -0.05) is 6.92 Å². The van der Waals surface area contributed by atoms with E-state index in [1.54, 1.807) is 6.20 Å². The Morgan fingerprint density at radius 1 is 1.21 bits per heavy atom. The number of fused-ring (bicyclic) bond motifs is 7. The van der Waals surface area contributed by atoms with Gasteiger partial charge in [0, 0.05) is 35.2 Å². The average molecular weight is 332 g/mol. The molecule has 3 saturated carbocycles. The summed E-state index contributed by atoms with van der Waals surface area (Å²) in [6, 6.07) is -0.0286. The van der Waals surface area contributed by atoms with Crippen LogP contribution in [0.4, 0.5) is 8.78 Å². The third-order valence-electron chi connectivity index (χ3n) is 7.26. The highest BCUT2D eigenvalue weighted by molar-refractivity contribution is 5.85. The number of hydrogen-bond donors (Lipinski definition) is 0. The number of rotatable bonds is 1. The van der Waals surface area contributed by atoms with Gasteiger partial charge in [-0.05, 0) is 44.4 Å². The Morgan fingerprint density at radius 3 is 2.54 bits per heavy atom. The van der Waals surface area contributed by atoms with E-state index in [0.29, 0.717) is 45.1 Å². The van der Waals surface area contributed by atoms with E-state index in [0.717, 1.165) is 11.1 Å². The molecule has 2 heterocycles. The highest BCUT2D eigenvalue weighted by Crippen LogP contribution is 2.61. The quantitative estimate of drug-likeness (QED) is 0.781. The van der Waals surface area contributed by atoms with Crippen molar-refractivity contribution in [3.8, 4) is 0 Å². The highest BCUT2D eigenvalue weighted by Gasteiger charge is 2.59. The third kappa shape index (κ3) is 1.71. The molecule has 0 aromatic carbocycles. The number of hydrogen-bond acceptors (Lipinski definition) is 2. The van der Waals surface area contributed by atoms with Crippen molar-refractivity contribution in [1.29, 1.82) is 0 Å². The molecule has 1 amide bonds. The number of aromatic nitrogens is 1. The van der Waals surface area contributed by atoms with Crippen molar-refractivity contribution in [3.05, 3.63) is 29.3 Å². The lowest BCUT2D eigenvalue weighted by atomic mass is 9.58. The molecular weight excluding hydrogens is 310 g/mol. The molecule has 1 aromatic heterocycles. The molecular formula is C19H22F2N2O. The van der Waals surface area contributed by atoms with Crippen LogP contribution in [0.3, 0.4) is 0 Å². The van der Waals surface area contributed by atoms with Gasteiger partial charge in [-0.25, -0.2) is 8.78 Å². The maximum Gasteiger partial charge on any atom is 0.229 e. The zero-order valence-electron chi connectivity index (χ0n) is 13.9. The first-order valence-corrected chi connectivity index (χ1v) is 9.07. The smallest absolute Gasteiger partial charge is 0.229 e. The fourth-order valence-corrected chi connectivity index (χ4v) is 5.77. The number of carbonyl (C=O) groups is 1. The molecule has 24 heavy (non-hydrogen) atoms. The minimum atomic E-state index is -1.03. The highest BCUT2D eigenvalue weighted by atomic mass is 19.1. The number of halogens is 2.